The Morgan fingerprint density at radius 1 is 1.44 bits per heavy atom. The van der Waals surface area contributed by atoms with Gasteiger partial charge in [0, 0.05) is 0 Å². The zero-order valence-electron chi connectivity index (χ0n) is 9.42. The second-order valence-electron chi connectivity index (χ2n) is 3.51. The molecule has 0 heterocycles. The molecule has 0 spiro atoms. The Morgan fingerprint density at radius 3 is 2.61 bits per heavy atom. The predicted molar refractivity (Wildman–Crippen MR) is 65.0 cm³/mol. The summed E-state index contributed by atoms with van der Waals surface area (Å²) in [5, 5.41) is 2.47. The molecule has 0 radical (unpaired) electrons. The van der Waals surface area contributed by atoms with Gasteiger partial charge in [-0.25, -0.2) is 0 Å². The van der Waals surface area contributed by atoms with Crippen molar-refractivity contribution in [2.24, 2.45) is 0 Å². The molecule has 0 aliphatic rings. The van der Waals surface area contributed by atoms with Crippen molar-refractivity contribution in [3.8, 4) is 5.75 Å². The van der Waals surface area contributed by atoms with Gasteiger partial charge in [-0.2, -0.15) is 13.2 Å². The SMILES string of the molecule is CC(Br)C(=O)Nc1ccccc1OCC(F)(F)F. The molecule has 0 aromatic heterocycles. The maximum Gasteiger partial charge on any atom is 0.422 e. The summed E-state index contributed by atoms with van der Waals surface area (Å²) >= 11 is 3.06. The zero-order valence-corrected chi connectivity index (χ0v) is 11.0. The average molecular weight is 326 g/mol. The first-order valence-corrected chi connectivity index (χ1v) is 5.94. The number of alkyl halides is 4. The van der Waals surface area contributed by atoms with Gasteiger partial charge in [-0.1, -0.05) is 28.1 Å². The molecule has 0 saturated heterocycles. The number of nitrogens with one attached hydrogen (secondary N) is 1. The number of carbonyl (C=O) groups is 1. The van der Waals surface area contributed by atoms with Crippen LogP contribution in [0.2, 0.25) is 0 Å². The Balaban J connectivity index is 2.77. The van der Waals surface area contributed by atoms with Crippen LogP contribution in [0.5, 0.6) is 5.75 Å². The van der Waals surface area contributed by atoms with E-state index < -0.39 is 17.6 Å². The number of hydrogen-bond donors (Lipinski definition) is 1. The fourth-order valence-electron chi connectivity index (χ4n) is 1.09. The van der Waals surface area contributed by atoms with E-state index in [4.69, 9.17) is 0 Å². The summed E-state index contributed by atoms with van der Waals surface area (Å²) in [6.45, 7) is 0.207. The molecule has 0 bridgehead atoms. The fraction of sp³-hybridized carbons (Fsp3) is 0.364. The summed E-state index contributed by atoms with van der Waals surface area (Å²) in [6, 6.07) is 5.95. The van der Waals surface area contributed by atoms with Gasteiger partial charge in [0.25, 0.3) is 0 Å². The first-order valence-electron chi connectivity index (χ1n) is 5.03. The minimum absolute atomic E-state index is 0.0173. The number of hydrogen-bond acceptors (Lipinski definition) is 2. The van der Waals surface area contributed by atoms with E-state index >= 15 is 0 Å². The van der Waals surface area contributed by atoms with Gasteiger partial charge >= 0.3 is 6.18 Å². The Morgan fingerprint density at radius 2 is 2.06 bits per heavy atom. The molecule has 0 saturated carbocycles. The van der Waals surface area contributed by atoms with E-state index in [2.05, 4.69) is 26.0 Å². The van der Waals surface area contributed by atoms with E-state index in [9.17, 15) is 18.0 Å². The van der Waals surface area contributed by atoms with Crippen molar-refractivity contribution in [2.45, 2.75) is 17.9 Å². The van der Waals surface area contributed by atoms with E-state index in [0.29, 0.717) is 0 Å². The molecule has 1 unspecified atom stereocenters. The number of amides is 1. The third-order valence-electron chi connectivity index (χ3n) is 1.90. The van der Waals surface area contributed by atoms with Crippen molar-refractivity contribution < 1.29 is 22.7 Å². The lowest BCUT2D eigenvalue weighted by atomic mass is 10.3. The van der Waals surface area contributed by atoms with E-state index in [0.717, 1.165) is 0 Å². The predicted octanol–water partition coefficient (Wildman–Crippen LogP) is 3.35. The fourth-order valence-corrected chi connectivity index (χ4v) is 1.20. The number of ether oxygens (including phenoxy) is 1. The largest absolute Gasteiger partial charge is 0.482 e. The van der Waals surface area contributed by atoms with Gasteiger partial charge in [-0.3, -0.25) is 4.79 Å². The second-order valence-corrected chi connectivity index (χ2v) is 4.88. The normalized spacial score (nSPS) is 12.9. The summed E-state index contributed by atoms with van der Waals surface area (Å²) in [7, 11) is 0. The first-order chi connectivity index (χ1) is 8.29. The molecule has 18 heavy (non-hydrogen) atoms. The maximum absolute atomic E-state index is 12.0. The number of anilines is 1. The Kier molecular flexibility index (Phi) is 5.01. The molecule has 0 fully saturated rings. The summed E-state index contributed by atoms with van der Waals surface area (Å²) in [5.74, 6) is -0.380. The van der Waals surface area contributed by atoms with Crippen LogP contribution in [0.15, 0.2) is 24.3 Å². The van der Waals surface area contributed by atoms with E-state index in [1.807, 2.05) is 0 Å². The van der Waals surface area contributed by atoms with Gasteiger partial charge in [0.15, 0.2) is 6.61 Å². The first kappa shape index (κ1) is 14.8. The van der Waals surface area contributed by atoms with Crippen LogP contribution >= 0.6 is 15.9 Å². The van der Waals surface area contributed by atoms with Crippen LogP contribution in [0.1, 0.15) is 6.92 Å². The molecule has 1 rings (SSSR count). The topological polar surface area (TPSA) is 38.3 Å². The zero-order chi connectivity index (χ0) is 13.8. The summed E-state index contributed by atoms with van der Waals surface area (Å²) in [5.41, 5.74) is 0.207. The molecule has 1 atom stereocenters. The molecule has 0 aliphatic heterocycles. The molecule has 1 aromatic rings. The highest BCUT2D eigenvalue weighted by molar-refractivity contribution is 9.10. The molecule has 1 aromatic carbocycles. The summed E-state index contributed by atoms with van der Waals surface area (Å²) in [4.78, 5) is 11.0. The Hall–Kier alpha value is -1.24. The van der Waals surface area contributed by atoms with E-state index in [1.54, 1.807) is 13.0 Å². The van der Waals surface area contributed by atoms with Crippen molar-refractivity contribution >= 4 is 27.5 Å². The van der Waals surface area contributed by atoms with Gasteiger partial charge in [0.05, 0.1) is 10.5 Å². The Labute approximate surface area is 110 Å². The van der Waals surface area contributed by atoms with Gasteiger partial charge in [0.2, 0.25) is 5.91 Å². The minimum Gasteiger partial charge on any atom is -0.482 e. The Bertz CT molecular complexity index is 421. The molecule has 100 valence electrons. The van der Waals surface area contributed by atoms with Crippen molar-refractivity contribution in [1.29, 1.82) is 0 Å². The minimum atomic E-state index is -4.42. The van der Waals surface area contributed by atoms with Crippen LogP contribution in [-0.4, -0.2) is 23.5 Å². The van der Waals surface area contributed by atoms with Crippen molar-refractivity contribution in [3.63, 3.8) is 0 Å². The summed E-state index contributed by atoms with van der Waals surface area (Å²) in [6.07, 6.45) is -4.42. The number of carbonyl (C=O) groups excluding carboxylic acids is 1. The lowest BCUT2D eigenvalue weighted by Crippen LogP contribution is -2.22. The average Bonchev–Trinajstić information content (AvgIpc) is 2.26. The third kappa shape index (κ3) is 4.95. The lowest BCUT2D eigenvalue weighted by Gasteiger charge is -2.14. The molecule has 3 nitrogen and oxygen atoms in total. The number of rotatable bonds is 4. The molecular weight excluding hydrogens is 315 g/mol. The lowest BCUT2D eigenvalue weighted by molar-refractivity contribution is -0.153. The number of benzene rings is 1. The van der Waals surface area contributed by atoms with Gasteiger partial charge in [0.1, 0.15) is 5.75 Å². The molecule has 1 amide bonds. The standard InChI is InChI=1S/C11H11BrF3NO2/c1-7(12)10(17)16-8-4-2-3-5-9(8)18-6-11(13,14)15/h2-5,7H,6H2,1H3,(H,16,17). The van der Waals surface area contributed by atoms with Crippen molar-refractivity contribution in [1.82, 2.24) is 0 Å². The van der Waals surface area contributed by atoms with Crippen molar-refractivity contribution in [2.75, 3.05) is 11.9 Å². The van der Waals surface area contributed by atoms with Gasteiger partial charge in [-0.05, 0) is 19.1 Å². The highest BCUT2D eigenvalue weighted by Crippen LogP contribution is 2.26. The van der Waals surface area contributed by atoms with Crippen LogP contribution in [-0.2, 0) is 4.79 Å². The van der Waals surface area contributed by atoms with Crippen LogP contribution < -0.4 is 10.1 Å². The smallest absolute Gasteiger partial charge is 0.422 e. The summed E-state index contributed by atoms with van der Waals surface area (Å²) < 4.78 is 40.8. The second kappa shape index (κ2) is 6.08. The highest BCUT2D eigenvalue weighted by atomic mass is 79.9. The molecular formula is C11H11BrF3NO2. The van der Waals surface area contributed by atoms with Crippen LogP contribution in [0.25, 0.3) is 0 Å². The maximum atomic E-state index is 12.0. The molecule has 7 heteroatoms. The quantitative estimate of drug-likeness (QED) is 0.862. The van der Waals surface area contributed by atoms with E-state index in [-0.39, 0.29) is 17.3 Å². The van der Waals surface area contributed by atoms with Gasteiger partial charge < -0.3 is 10.1 Å². The molecule has 0 aliphatic carbocycles. The monoisotopic (exact) mass is 325 g/mol. The number of halogens is 4. The van der Waals surface area contributed by atoms with Gasteiger partial charge in [-0.15, -0.1) is 0 Å². The van der Waals surface area contributed by atoms with Crippen molar-refractivity contribution in [3.05, 3.63) is 24.3 Å². The highest BCUT2D eigenvalue weighted by Gasteiger charge is 2.28. The van der Waals surface area contributed by atoms with Crippen LogP contribution in [0.3, 0.4) is 0 Å². The van der Waals surface area contributed by atoms with Crippen LogP contribution in [0.4, 0.5) is 18.9 Å². The number of para-hydroxylation sites is 2. The van der Waals surface area contributed by atoms with Crippen LogP contribution in [0, 0.1) is 0 Å². The molecule has 1 N–H and O–H groups in total. The van der Waals surface area contributed by atoms with E-state index in [1.165, 1.54) is 18.2 Å². The third-order valence-corrected chi connectivity index (χ3v) is 2.31.